The predicted octanol–water partition coefficient (Wildman–Crippen LogP) is 0.230. The van der Waals surface area contributed by atoms with Gasteiger partial charge in [-0.25, -0.2) is 0 Å². The molecule has 4 nitrogen and oxygen atoms in total. The third-order valence-electron chi connectivity index (χ3n) is 3.70. The van der Waals surface area contributed by atoms with Crippen LogP contribution in [0.3, 0.4) is 0 Å². The SMILES string of the molecule is CN(C)CC(O)CNCC1(C)CCN(C)CC1. The molecule has 0 aromatic heterocycles. The molecule has 0 radical (unpaired) electrons. The normalized spacial score (nSPS) is 22.9. The van der Waals surface area contributed by atoms with Gasteiger partial charge in [0.05, 0.1) is 6.10 Å². The van der Waals surface area contributed by atoms with Gasteiger partial charge in [0.15, 0.2) is 0 Å². The number of likely N-dealkylation sites (tertiary alicyclic amines) is 1. The largest absolute Gasteiger partial charge is 0.390 e. The Balaban J connectivity index is 2.17. The van der Waals surface area contributed by atoms with Crippen LogP contribution < -0.4 is 5.32 Å². The van der Waals surface area contributed by atoms with E-state index in [0.717, 1.165) is 13.1 Å². The first kappa shape index (κ1) is 14.9. The summed E-state index contributed by atoms with van der Waals surface area (Å²) >= 11 is 0. The van der Waals surface area contributed by atoms with Gasteiger partial charge < -0.3 is 20.2 Å². The molecule has 102 valence electrons. The molecule has 1 aliphatic rings. The lowest BCUT2D eigenvalue weighted by atomic mass is 9.80. The minimum Gasteiger partial charge on any atom is -0.390 e. The highest BCUT2D eigenvalue weighted by atomic mass is 16.3. The van der Waals surface area contributed by atoms with Crippen molar-refractivity contribution in [3.63, 3.8) is 0 Å². The van der Waals surface area contributed by atoms with Crippen molar-refractivity contribution < 1.29 is 5.11 Å². The number of hydrogen-bond acceptors (Lipinski definition) is 4. The molecule has 1 saturated heterocycles. The lowest BCUT2D eigenvalue weighted by molar-refractivity contribution is 0.112. The Morgan fingerprint density at radius 3 is 2.47 bits per heavy atom. The molecule has 0 spiro atoms. The molecule has 1 unspecified atom stereocenters. The molecule has 1 fully saturated rings. The first-order valence-corrected chi connectivity index (χ1v) is 6.63. The van der Waals surface area contributed by atoms with Crippen LogP contribution in [0, 0.1) is 5.41 Å². The molecule has 4 heteroatoms. The van der Waals surface area contributed by atoms with Gasteiger partial charge in [0.1, 0.15) is 0 Å². The molecule has 0 amide bonds. The van der Waals surface area contributed by atoms with E-state index in [0.29, 0.717) is 12.0 Å². The number of rotatable bonds is 6. The fraction of sp³-hybridized carbons (Fsp3) is 1.00. The molecule has 0 aromatic carbocycles. The van der Waals surface area contributed by atoms with E-state index in [4.69, 9.17) is 0 Å². The zero-order chi connectivity index (χ0) is 12.9. The summed E-state index contributed by atoms with van der Waals surface area (Å²) in [7, 11) is 6.16. The summed E-state index contributed by atoms with van der Waals surface area (Å²) in [5.74, 6) is 0. The standard InChI is InChI=1S/C13H29N3O/c1-13(5-7-16(4)8-6-13)11-14-9-12(17)10-15(2)3/h12,14,17H,5-11H2,1-4H3. The molecule has 2 N–H and O–H groups in total. The van der Waals surface area contributed by atoms with E-state index in [-0.39, 0.29) is 6.10 Å². The fourth-order valence-corrected chi connectivity index (χ4v) is 2.36. The molecular formula is C13H29N3O. The summed E-state index contributed by atoms with van der Waals surface area (Å²) in [6.45, 7) is 7.18. The lowest BCUT2D eigenvalue weighted by Crippen LogP contribution is -2.44. The Hall–Kier alpha value is -0.160. The summed E-state index contributed by atoms with van der Waals surface area (Å²) in [5, 5.41) is 13.2. The summed E-state index contributed by atoms with van der Waals surface area (Å²) < 4.78 is 0. The molecule has 1 heterocycles. The van der Waals surface area contributed by atoms with E-state index in [9.17, 15) is 5.11 Å². The van der Waals surface area contributed by atoms with Gasteiger partial charge in [-0.15, -0.1) is 0 Å². The van der Waals surface area contributed by atoms with E-state index in [1.54, 1.807) is 0 Å². The third kappa shape index (κ3) is 5.82. The van der Waals surface area contributed by atoms with Gasteiger partial charge in [0.2, 0.25) is 0 Å². The highest BCUT2D eigenvalue weighted by Gasteiger charge is 2.28. The maximum Gasteiger partial charge on any atom is 0.0791 e. The summed E-state index contributed by atoms with van der Waals surface area (Å²) in [6.07, 6.45) is 2.24. The highest BCUT2D eigenvalue weighted by molar-refractivity contribution is 4.83. The Labute approximate surface area is 106 Å². The van der Waals surface area contributed by atoms with Gasteiger partial charge >= 0.3 is 0 Å². The van der Waals surface area contributed by atoms with Crippen LogP contribution in [0.4, 0.5) is 0 Å². The van der Waals surface area contributed by atoms with Gasteiger partial charge in [-0.1, -0.05) is 6.92 Å². The van der Waals surface area contributed by atoms with Crippen LogP contribution in [0.15, 0.2) is 0 Å². The number of aliphatic hydroxyl groups is 1. The predicted molar refractivity (Wildman–Crippen MR) is 72.3 cm³/mol. The Bertz CT molecular complexity index is 213. The van der Waals surface area contributed by atoms with Gasteiger partial charge in [-0.05, 0) is 52.5 Å². The Morgan fingerprint density at radius 2 is 1.94 bits per heavy atom. The first-order chi connectivity index (χ1) is 7.91. The quantitative estimate of drug-likeness (QED) is 0.700. The zero-order valence-electron chi connectivity index (χ0n) is 11.9. The topological polar surface area (TPSA) is 38.7 Å². The van der Waals surface area contributed by atoms with Crippen molar-refractivity contribution in [1.82, 2.24) is 15.1 Å². The van der Waals surface area contributed by atoms with Crippen LogP contribution in [0.25, 0.3) is 0 Å². The van der Waals surface area contributed by atoms with Crippen LogP contribution in [0.2, 0.25) is 0 Å². The van der Waals surface area contributed by atoms with Crippen molar-refractivity contribution in [3.8, 4) is 0 Å². The van der Waals surface area contributed by atoms with Crippen molar-refractivity contribution in [2.24, 2.45) is 5.41 Å². The average Bonchev–Trinajstić information content (AvgIpc) is 2.22. The zero-order valence-corrected chi connectivity index (χ0v) is 11.9. The van der Waals surface area contributed by atoms with Crippen LogP contribution in [0.5, 0.6) is 0 Å². The van der Waals surface area contributed by atoms with Crippen LogP contribution in [-0.2, 0) is 0 Å². The molecular weight excluding hydrogens is 214 g/mol. The van der Waals surface area contributed by atoms with E-state index in [2.05, 4.69) is 24.2 Å². The maximum atomic E-state index is 9.76. The molecule has 0 bridgehead atoms. The van der Waals surface area contributed by atoms with Crippen molar-refractivity contribution >= 4 is 0 Å². The first-order valence-electron chi connectivity index (χ1n) is 6.63. The molecule has 1 atom stereocenters. The van der Waals surface area contributed by atoms with Gasteiger partial charge in [0, 0.05) is 19.6 Å². The lowest BCUT2D eigenvalue weighted by Gasteiger charge is -2.38. The second-order valence-corrected chi connectivity index (χ2v) is 6.16. The number of piperidine rings is 1. The smallest absolute Gasteiger partial charge is 0.0791 e. The van der Waals surface area contributed by atoms with Crippen molar-refractivity contribution in [2.45, 2.75) is 25.9 Å². The molecule has 1 rings (SSSR count). The van der Waals surface area contributed by atoms with Crippen LogP contribution in [-0.4, -0.2) is 74.9 Å². The van der Waals surface area contributed by atoms with Crippen molar-refractivity contribution in [3.05, 3.63) is 0 Å². The Kier molecular flexibility index (Phi) is 5.86. The van der Waals surface area contributed by atoms with E-state index >= 15 is 0 Å². The van der Waals surface area contributed by atoms with E-state index in [1.165, 1.54) is 25.9 Å². The third-order valence-corrected chi connectivity index (χ3v) is 3.70. The number of aliphatic hydroxyl groups excluding tert-OH is 1. The van der Waals surface area contributed by atoms with Crippen molar-refractivity contribution in [1.29, 1.82) is 0 Å². The average molecular weight is 243 g/mol. The highest BCUT2D eigenvalue weighted by Crippen LogP contribution is 2.29. The molecule has 0 aliphatic carbocycles. The minimum atomic E-state index is -0.264. The van der Waals surface area contributed by atoms with E-state index < -0.39 is 0 Å². The number of hydrogen-bond donors (Lipinski definition) is 2. The van der Waals surface area contributed by atoms with Gasteiger partial charge in [0.25, 0.3) is 0 Å². The minimum absolute atomic E-state index is 0.264. The second-order valence-electron chi connectivity index (χ2n) is 6.16. The van der Waals surface area contributed by atoms with Crippen LogP contribution in [0.1, 0.15) is 19.8 Å². The van der Waals surface area contributed by atoms with E-state index in [1.807, 2.05) is 19.0 Å². The second kappa shape index (κ2) is 6.69. The van der Waals surface area contributed by atoms with Gasteiger partial charge in [-0.2, -0.15) is 0 Å². The number of nitrogens with one attached hydrogen (secondary N) is 1. The van der Waals surface area contributed by atoms with Crippen LogP contribution >= 0.6 is 0 Å². The Morgan fingerprint density at radius 1 is 1.35 bits per heavy atom. The van der Waals surface area contributed by atoms with Gasteiger partial charge in [-0.3, -0.25) is 0 Å². The fourth-order valence-electron chi connectivity index (χ4n) is 2.36. The van der Waals surface area contributed by atoms with Crippen molar-refractivity contribution in [2.75, 3.05) is 53.9 Å². The number of nitrogens with zero attached hydrogens (tertiary/aromatic N) is 2. The summed E-state index contributed by atoms with van der Waals surface area (Å²) in [4.78, 5) is 4.41. The number of likely N-dealkylation sites (N-methyl/N-ethyl adjacent to an activating group) is 1. The molecule has 0 aromatic rings. The molecule has 0 saturated carbocycles. The summed E-state index contributed by atoms with van der Waals surface area (Å²) in [6, 6.07) is 0. The monoisotopic (exact) mass is 243 g/mol. The summed E-state index contributed by atoms with van der Waals surface area (Å²) in [5.41, 5.74) is 0.407. The maximum absolute atomic E-state index is 9.76. The molecule has 1 aliphatic heterocycles. The molecule has 17 heavy (non-hydrogen) atoms.